The molecule has 2 N–H and O–H groups in total. The van der Waals surface area contributed by atoms with Gasteiger partial charge in [0.15, 0.2) is 0 Å². The van der Waals surface area contributed by atoms with Crippen molar-refractivity contribution in [3.8, 4) is 12.3 Å². The maximum atomic E-state index is 11.5. The molecular formula is C12H19NO3S. The first kappa shape index (κ1) is 15.9. The first-order valence-electron chi connectivity index (χ1n) is 5.56. The molecule has 0 aromatic heterocycles. The predicted molar refractivity (Wildman–Crippen MR) is 69.9 cm³/mol. The molecule has 0 aliphatic carbocycles. The average molecular weight is 257 g/mol. The quantitative estimate of drug-likeness (QED) is 0.485. The molecule has 1 atom stereocenters. The molecule has 0 saturated heterocycles. The third kappa shape index (κ3) is 8.64. The highest BCUT2D eigenvalue weighted by Crippen LogP contribution is 2.03. The van der Waals surface area contributed by atoms with Gasteiger partial charge in [0.2, 0.25) is 5.91 Å². The molecule has 0 aromatic carbocycles. The summed E-state index contributed by atoms with van der Waals surface area (Å²) in [5.74, 6) is 2.03. The molecule has 0 aromatic rings. The molecule has 0 bridgehead atoms. The topological polar surface area (TPSA) is 66.4 Å². The first-order valence-corrected chi connectivity index (χ1v) is 6.95. The molecule has 0 fully saturated rings. The molecule has 1 amide bonds. The second-order valence-electron chi connectivity index (χ2n) is 3.65. The van der Waals surface area contributed by atoms with Crippen LogP contribution in [0, 0.1) is 12.3 Å². The van der Waals surface area contributed by atoms with Crippen LogP contribution in [0.3, 0.4) is 0 Å². The highest BCUT2D eigenvalue weighted by molar-refractivity contribution is 7.98. The lowest BCUT2D eigenvalue weighted by atomic mass is 10.1. The molecule has 0 rings (SSSR count). The summed E-state index contributed by atoms with van der Waals surface area (Å²) in [6.07, 6.45) is 9.93. The van der Waals surface area contributed by atoms with Crippen molar-refractivity contribution in [1.82, 2.24) is 5.32 Å². The van der Waals surface area contributed by atoms with E-state index in [1.54, 1.807) is 11.8 Å². The Morgan fingerprint density at radius 1 is 1.47 bits per heavy atom. The zero-order valence-corrected chi connectivity index (χ0v) is 10.9. The van der Waals surface area contributed by atoms with Crippen LogP contribution in [-0.4, -0.2) is 35.0 Å². The van der Waals surface area contributed by atoms with Crippen molar-refractivity contribution >= 4 is 23.6 Å². The van der Waals surface area contributed by atoms with E-state index in [-0.39, 0.29) is 5.91 Å². The maximum Gasteiger partial charge on any atom is 0.326 e. The Hall–Kier alpha value is -1.15. The minimum atomic E-state index is -0.976. The highest BCUT2D eigenvalue weighted by atomic mass is 32.2. The van der Waals surface area contributed by atoms with Gasteiger partial charge in [-0.2, -0.15) is 11.8 Å². The third-order valence-electron chi connectivity index (χ3n) is 2.22. The molecule has 0 aliphatic rings. The van der Waals surface area contributed by atoms with Crippen LogP contribution in [0.25, 0.3) is 0 Å². The Morgan fingerprint density at radius 2 is 2.18 bits per heavy atom. The van der Waals surface area contributed by atoms with Crippen molar-refractivity contribution in [2.24, 2.45) is 0 Å². The number of thioether (sulfide) groups is 1. The first-order chi connectivity index (χ1) is 8.11. The molecular weight excluding hydrogens is 238 g/mol. The van der Waals surface area contributed by atoms with E-state index in [0.29, 0.717) is 31.4 Å². The molecule has 96 valence electrons. The Morgan fingerprint density at radius 3 is 2.71 bits per heavy atom. The monoisotopic (exact) mass is 257 g/mol. The minimum Gasteiger partial charge on any atom is -0.480 e. The van der Waals surface area contributed by atoms with Gasteiger partial charge in [0, 0.05) is 12.8 Å². The molecule has 5 heteroatoms. The van der Waals surface area contributed by atoms with E-state index in [1.165, 1.54) is 0 Å². The maximum absolute atomic E-state index is 11.5. The molecule has 0 heterocycles. The number of nitrogens with one attached hydrogen (secondary N) is 1. The number of hydrogen-bond acceptors (Lipinski definition) is 3. The summed E-state index contributed by atoms with van der Waals surface area (Å²) in [5.41, 5.74) is 0. The molecule has 4 nitrogen and oxygen atoms in total. The van der Waals surface area contributed by atoms with Gasteiger partial charge in [-0.05, 0) is 31.3 Å². The van der Waals surface area contributed by atoms with Gasteiger partial charge < -0.3 is 10.4 Å². The molecule has 0 radical (unpaired) electrons. The molecule has 0 aliphatic heterocycles. The number of carboxylic acid groups (broad SMARTS) is 1. The van der Waals surface area contributed by atoms with Crippen LogP contribution >= 0.6 is 11.8 Å². The zero-order valence-electron chi connectivity index (χ0n) is 10.1. The smallest absolute Gasteiger partial charge is 0.326 e. The van der Waals surface area contributed by atoms with Gasteiger partial charge >= 0.3 is 5.97 Å². The fourth-order valence-electron chi connectivity index (χ4n) is 1.27. The lowest BCUT2D eigenvalue weighted by molar-refractivity contribution is -0.141. The van der Waals surface area contributed by atoms with Crippen LogP contribution in [0.4, 0.5) is 0 Å². The van der Waals surface area contributed by atoms with Gasteiger partial charge in [-0.1, -0.05) is 0 Å². The third-order valence-corrected chi connectivity index (χ3v) is 2.86. The van der Waals surface area contributed by atoms with E-state index >= 15 is 0 Å². The lowest BCUT2D eigenvalue weighted by Gasteiger charge is -2.13. The standard InChI is InChI=1S/C12H19NO3S/c1-3-4-5-6-7-11(14)13-10(12(15)16)8-9-17-2/h1,10H,4-9H2,2H3,(H,13,14)(H,15,16)/t10-/m0/s1. The van der Waals surface area contributed by atoms with Crippen molar-refractivity contribution in [2.45, 2.75) is 38.1 Å². The Kier molecular flexibility index (Phi) is 9.35. The molecule has 0 unspecified atom stereocenters. The van der Waals surface area contributed by atoms with Gasteiger partial charge in [-0.3, -0.25) is 4.79 Å². The van der Waals surface area contributed by atoms with E-state index in [1.807, 2.05) is 6.26 Å². The van der Waals surface area contributed by atoms with Gasteiger partial charge in [-0.15, -0.1) is 12.3 Å². The summed E-state index contributed by atoms with van der Waals surface area (Å²) in [4.78, 5) is 22.3. The van der Waals surface area contributed by atoms with E-state index < -0.39 is 12.0 Å². The average Bonchev–Trinajstić information content (AvgIpc) is 2.29. The highest BCUT2D eigenvalue weighted by Gasteiger charge is 2.18. The van der Waals surface area contributed by atoms with E-state index in [2.05, 4.69) is 11.2 Å². The van der Waals surface area contributed by atoms with Crippen LogP contribution in [-0.2, 0) is 9.59 Å². The van der Waals surface area contributed by atoms with Crippen molar-refractivity contribution in [3.05, 3.63) is 0 Å². The number of rotatable bonds is 9. The van der Waals surface area contributed by atoms with Crippen molar-refractivity contribution in [1.29, 1.82) is 0 Å². The number of carboxylic acids is 1. The predicted octanol–water partition coefficient (Wildman–Crippen LogP) is 1.50. The Balaban J connectivity index is 3.88. The summed E-state index contributed by atoms with van der Waals surface area (Å²) in [5, 5.41) is 11.4. The largest absolute Gasteiger partial charge is 0.480 e. The molecule has 0 spiro atoms. The number of hydrogen-bond donors (Lipinski definition) is 2. The number of carbonyl (C=O) groups excluding carboxylic acids is 1. The van der Waals surface area contributed by atoms with Gasteiger partial charge in [0.05, 0.1) is 0 Å². The van der Waals surface area contributed by atoms with Gasteiger partial charge in [0.25, 0.3) is 0 Å². The summed E-state index contributed by atoms with van der Waals surface area (Å²) >= 11 is 1.56. The number of carbonyl (C=O) groups is 2. The number of amides is 1. The second-order valence-corrected chi connectivity index (χ2v) is 4.64. The van der Waals surface area contributed by atoms with Crippen molar-refractivity contribution < 1.29 is 14.7 Å². The van der Waals surface area contributed by atoms with Crippen LogP contribution in [0.1, 0.15) is 32.1 Å². The Labute approximate surface area is 107 Å². The van der Waals surface area contributed by atoms with Crippen LogP contribution in [0.2, 0.25) is 0 Å². The minimum absolute atomic E-state index is 0.212. The fraction of sp³-hybridized carbons (Fsp3) is 0.667. The lowest BCUT2D eigenvalue weighted by Crippen LogP contribution is -2.41. The van der Waals surface area contributed by atoms with Crippen LogP contribution in [0.15, 0.2) is 0 Å². The van der Waals surface area contributed by atoms with E-state index in [9.17, 15) is 9.59 Å². The number of aliphatic carboxylic acids is 1. The van der Waals surface area contributed by atoms with Crippen molar-refractivity contribution in [2.75, 3.05) is 12.0 Å². The normalized spacial score (nSPS) is 11.5. The summed E-state index contributed by atoms with van der Waals surface area (Å²) in [7, 11) is 0. The Bertz CT molecular complexity index is 286. The fourth-order valence-corrected chi connectivity index (χ4v) is 1.74. The van der Waals surface area contributed by atoms with Crippen molar-refractivity contribution in [3.63, 3.8) is 0 Å². The molecule has 0 saturated carbocycles. The van der Waals surface area contributed by atoms with Gasteiger partial charge in [0.1, 0.15) is 6.04 Å². The molecule has 17 heavy (non-hydrogen) atoms. The van der Waals surface area contributed by atoms with Crippen LogP contribution in [0.5, 0.6) is 0 Å². The SMILES string of the molecule is C#CCCCCC(=O)N[C@@H](CCSC)C(=O)O. The van der Waals surface area contributed by atoms with E-state index in [4.69, 9.17) is 11.5 Å². The summed E-state index contributed by atoms with van der Waals surface area (Å²) < 4.78 is 0. The summed E-state index contributed by atoms with van der Waals surface area (Å²) in [6.45, 7) is 0. The second kappa shape index (κ2) is 10.0. The van der Waals surface area contributed by atoms with Gasteiger partial charge in [-0.25, -0.2) is 4.79 Å². The zero-order chi connectivity index (χ0) is 13.1. The summed E-state index contributed by atoms with van der Waals surface area (Å²) in [6, 6.07) is -0.775. The van der Waals surface area contributed by atoms with E-state index in [0.717, 1.165) is 6.42 Å². The number of unbranched alkanes of at least 4 members (excludes halogenated alkanes) is 2. The van der Waals surface area contributed by atoms with Crippen LogP contribution < -0.4 is 5.32 Å². The number of terminal acetylenes is 1.